The van der Waals surface area contributed by atoms with Gasteiger partial charge in [-0.2, -0.15) is 0 Å². The molecule has 0 bridgehead atoms. The van der Waals surface area contributed by atoms with Crippen molar-refractivity contribution in [2.75, 3.05) is 0 Å². The zero-order valence-corrected chi connectivity index (χ0v) is 7.02. The van der Waals surface area contributed by atoms with Crippen molar-refractivity contribution < 1.29 is 4.92 Å². The zero-order valence-electron chi connectivity index (χ0n) is 5.51. The van der Waals surface area contributed by atoms with Crippen molar-refractivity contribution in [2.45, 2.75) is 0 Å². The number of pyridine rings is 1. The number of aromatic amines is 1. The monoisotopic (exact) mass is 208 g/mol. The number of hydrogen-bond donors (Lipinski definition) is 1. The highest BCUT2D eigenvalue weighted by Crippen LogP contribution is 2.27. The fourth-order valence-electron chi connectivity index (χ4n) is 0.606. The summed E-state index contributed by atoms with van der Waals surface area (Å²) in [4.78, 5) is 22.3. The Balaban J connectivity index is 3.47. The van der Waals surface area contributed by atoms with E-state index in [-0.39, 0.29) is 10.0 Å². The fourth-order valence-corrected chi connectivity index (χ4v) is 0.966. The molecule has 1 N–H and O–H groups in total. The normalized spacial score (nSPS) is 9.83. The number of hydrogen-bond acceptors (Lipinski definition) is 3. The molecule has 12 heavy (non-hydrogen) atoms. The lowest BCUT2D eigenvalue weighted by atomic mass is 10.4. The van der Waals surface area contributed by atoms with Gasteiger partial charge >= 0.3 is 5.69 Å². The van der Waals surface area contributed by atoms with Gasteiger partial charge in [0.05, 0.1) is 11.1 Å². The van der Waals surface area contributed by atoms with Crippen LogP contribution in [0.2, 0.25) is 10.0 Å². The smallest absolute Gasteiger partial charge is 0.305 e. The predicted octanol–water partition coefficient (Wildman–Crippen LogP) is 1.59. The second kappa shape index (κ2) is 3.12. The van der Waals surface area contributed by atoms with Crippen LogP contribution in [-0.2, 0) is 0 Å². The summed E-state index contributed by atoms with van der Waals surface area (Å²) in [7, 11) is 0. The molecule has 0 spiro atoms. The molecule has 0 saturated carbocycles. The van der Waals surface area contributed by atoms with Gasteiger partial charge in [0.2, 0.25) is 0 Å². The molecule has 1 heterocycles. The molecule has 0 radical (unpaired) electrons. The first-order chi connectivity index (χ1) is 5.54. The van der Waals surface area contributed by atoms with Gasteiger partial charge in [0.25, 0.3) is 5.56 Å². The maximum Gasteiger partial charge on any atom is 0.305 e. The van der Waals surface area contributed by atoms with Crippen LogP contribution in [0.15, 0.2) is 11.0 Å². The van der Waals surface area contributed by atoms with Crippen molar-refractivity contribution in [2.24, 2.45) is 0 Å². The van der Waals surface area contributed by atoms with E-state index in [1.807, 2.05) is 0 Å². The van der Waals surface area contributed by atoms with Gasteiger partial charge in [-0.25, -0.2) is 0 Å². The maximum atomic E-state index is 10.7. The van der Waals surface area contributed by atoms with E-state index in [0.29, 0.717) is 0 Å². The van der Waals surface area contributed by atoms with Gasteiger partial charge in [0.15, 0.2) is 0 Å². The van der Waals surface area contributed by atoms with Gasteiger partial charge in [-0.15, -0.1) is 0 Å². The molecule has 1 rings (SSSR count). The van der Waals surface area contributed by atoms with Gasteiger partial charge in [-0.1, -0.05) is 23.2 Å². The van der Waals surface area contributed by atoms with Crippen LogP contribution in [0.1, 0.15) is 0 Å². The Bertz CT molecular complexity index is 387. The number of H-pyrrole nitrogens is 1. The van der Waals surface area contributed by atoms with E-state index in [1.165, 1.54) is 0 Å². The highest BCUT2D eigenvalue weighted by Gasteiger charge is 2.16. The van der Waals surface area contributed by atoms with Gasteiger partial charge < -0.3 is 4.98 Å². The summed E-state index contributed by atoms with van der Waals surface area (Å²) in [5, 5.41) is 9.51. The number of nitrogens with zero attached hydrogens (tertiary/aromatic N) is 1. The molecule has 0 aliphatic carbocycles. The Morgan fingerprint density at radius 1 is 1.42 bits per heavy atom. The quantitative estimate of drug-likeness (QED) is 0.563. The van der Waals surface area contributed by atoms with Crippen molar-refractivity contribution in [3.8, 4) is 0 Å². The summed E-state index contributed by atoms with van der Waals surface area (Å²) in [5.41, 5.74) is -1.06. The van der Waals surface area contributed by atoms with Gasteiger partial charge in [0, 0.05) is 0 Å². The fraction of sp³-hybridized carbons (Fsp3) is 0. The molecule has 0 fully saturated rings. The molecular formula is C5H2Cl2N2O3. The lowest BCUT2D eigenvalue weighted by Gasteiger charge is -1.94. The van der Waals surface area contributed by atoms with E-state index in [1.54, 1.807) is 0 Å². The molecule has 0 aromatic carbocycles. The highest BCUT2D eigenvalue weighted by atomic mass is 35.5. The summed E-state index contributed by atoms with van der Waals surface area (Å²) >= 11 is 10.7. The summed E-state index contributed by atoms with van der Waals surface area (Å²) < 4.78 is 0. The molecule has 7 heteroatoms. The molecule has 5 nitrogen and oxygen atoms in total. The molecule has 0 saturated heterocycles. The first kappa shape index (κ1) is 9.02. The molecule has 0 aliphatic rings. The van der Waals surface area contributed by atoms with Crippen LogP contribution in [0.25, 0.3) is 0 Å². The third-order valence-corrected chi connectivity index (χ3v) is 1.99. The second-order valence-electron chi connectivity index (χ2n) is 1.89. The van der Waals surface area contributed by atoms with Crippen molar-refractivity contribution in [3.05, 3.63) is 36.7 Å². The first-order valence-electron chi connectivity index (χ1n) is 2.75. The Morgan fingerprint density at radius 2 is 2.00 bits per heavy atom. The summed E-state index contributed by atoms with van der Waals surface area (Å²) in [5.74, 6) is 0. The Kier molecular flexibility index (Phi) is 2.35. The standard InChI is InChI=1S/C5H2Cl2N2O3/c6-3-2(9(11)12)1-8-5(10)4(3)7/h1H,(H,8,10). The van der Waals surface area contributed by atoms with Gasteiger partial charge in [-0.3, -0.25) is 14.9 Å². The number of rotatable bonds is 1. The number of halogens is 2. The van der Waals surface area contributed by atoms with Crippen LogP contribution in [0, 0.1) is 10.1 Å². The first-order valence-corrected chi connectivity index (χ1v) is 3.50. The average molecular weight is 209 g/mol. The minimum atomic E-state index is -0.732. The zero-order chi connectivity index (χ0) is 9.30. The largest absolute Gasteiger partial charge is 0.321 e. The number of nitro groups is 1. The van der Waals surface area contributed by atoms with Crippen LogP contribution in [0.4, 0.5) is 5.69 Å². The van der Waals surface area contributed by atoms with Crippen molar-refractivity contribution in [3.63, 3.8) is 0 Å². The minimum absolute atomic E-state index is 0.342. The molecule has 0 unspecified atom stereocenters. The summed E-state index contributed by atoms with van der Waals surface area (Å²) in [6.07, 6.45) is 0.899. The molecule has 64 valence electrons. The van der Waals surface area contributed by atoms with Crippen LogP contribution < -0.4 is 5.56 Å². The van der Waals surface area contributed by atoms with E-state index in [4.69, 9.17) is 23.2 Å². The van der Waals surface area contributed by atoms with Gasteiger partial charge in [-0.05, 0) is 0 Å². The van der Waals surface area contributed by atoms with E-state index in [0.717, 1.165) is 6.20 Å². The second-order valence-corrected chi connectivity index (χ2v) is 2.64. The van der Waals surface area contributed by atoms with Crippen molar-refractivity contribution in [1.82, 2.24) is 4.98 Å². The molecular weight excluding hydrogens is 207 g/mol. The Labute approximate surface area is 76.1 Å². The Morgan fingerprint density at radius 3 is 2.50 bits per heavy atom. The summed E-state index contributed by atoms with van der Waals surface area (Å²) in [6, 6.07) is 0. The minimum Gasteiger partial charge on any atom is -0.321 e. The van der Waals surface area contributed by atoms with Crippen LogP contribution >= 0.6 is 23.2 Å². The molecule has 1 aromatic rings. The predicted molar refractivity (Wildman–Crippen MR) is 43.7 cm³/mol. The third kappa shape index (κ3) is 1.41. The summed E-state index contributed by atoms with van der Waals surface area (Å²) in [6.45, 7) is 0. The maximum absolute atomic E-state index is 10.7. The van der Waals surface area contributed by atoms with E-state index in [2.05, 4.69) is 4.98 Å². The molecule has 1 aromatic heterocycles. The molecule has 0 aliphatic heterocycles. The van der Waals surface area contributed by atoms with Crippen LogP contribution in [0.5, 0.6) is 0 Å². The average Bonchev–Trinajstić information content (AvgIpc) is 2.00. The Hall–Kier alpha value is -1.07. The van der Waals surface area contributed by atoms with Crippen molar-refractivity contribution >= 4 is 28.9 Å². The lowest BCUT2D eigenvalue weighted by Crippen LogP contribution is -2.07. The van der Waals surface area contributed by atoms with Crippen LogP contribution in [-0.4, -0.2) is 9.91 Å². The number of nitrogens with one attached hydrogen (secondary N) is 1. The van der Waals surface area contributed by atoms with Crippen molar-refractivity contribution in [1.29, 1.82) is 0 Å². The van der Waals surface area contributed by atoms with E-state index < -0.39 is 16.2 Å². The van der Waals surface area contributed by atoms with E-state index in [9.17, 15) is 14.9 Å². The third-order valence-electron chi connectivity index (χ3n) is 1.15. The lowest BCUT2D eigenvalue weighted by molar-refractivity contribution is -0.385. The molecule has 0 atom stereocenters. The molecule has 0 amide bonds. The topological polar surface area (TPSA) is 76.0 Å². The highest BCUT2D eigenvalue weighted by molar-refractivity contribution is 6.43. The van der Waals surface area contributed by atoms with Crippen LogP contribution in [0.3, 0.4) is 0 Å². The van der Waals surface area contributed by atoms with Gasteiger partial charge in [0.1, 0.15) is 10.0 Å². The number of aromatic nitrogens is 1. The van der Waals surface area contributed by atoms with E-state index >= 15 is 0 Å². The SMILES string of the molecule is O=c1[nH]cc([N+](=O)[O-])c(Cl)c1Cl.